The zero-order chi connectivity index (χ0) is 13.8. The first-order valence-corrected chi connectivity index (χ1v) is 8.15. The number of aliphatic carboxylic acids is 1. The third-order valence-corrected chi connectivity index (χ3v) is 5.15. The van der Waals surface area contributed by atoms with Crippen molar-refractivity contribution in [1.29, 1.82) is 0 Å². The second-order valence-corrected chi connectivity index (χ2v) is 6.73. The van der Waals surface area contributed by atoms with Gasteiger partial charge in [-0.2, -0.15) is 11.3 Å². The first-order valence-electron chi connectivity index (χ1n) is 5.57. The lowest BCUT2D eigenvalue weighted by Crippen LogP contribution is -2.28. The second kappa shape index (κ2) is 6.60. The first kappa shape index (κ1) is 14.6. The number of hydrogen-bond donors (Lipinski definition) is 1. The van der Waals surface area contributed by atoms with Crippen molar-refractivity contribution in [2.45, 2.75) is 12.8 Å². The summed E-state index contributed by atoms with van der Waals surface area (Å²) in [4.78, 5) is 14.0. The lowest BCUT2D eigenvalue weighted by atomic mass is 10.3. The fourth-order valence-corrected chi connectivity index (χ4v) is 4.02. The van der Waals surface area contributed by atoms with Gasteiger partial charge in [-0.15, -0.1) is 0 Å². The Balaban J connectivity index is 2.02. The van der Waals surface area contributed by atoms with Gasteiger partial charge < -0.3 is 10.0 Å². The molecular weight excluding hydrogens is 318 g/mol. The fourth-order valence-electron chi connectivity index (χ4n) is 1.59. The van der Waals surface area contributed by atoms with E-state index in [-0.39, 0.29) is 6.42 Å². The van der Waals surface area contributed by atoms with Gasteiger partial charge in [0, 0.05) is 13.0 Å². The summed E-state index contributed by atoms with van der Waals surface area (Å²) in [5, 5.41) is 12.7. The van der Waals surface area contributed by atoms with Gasteiger partial charge in [-0.05, 0) is 34.9 Å². The monoisotopic (exact) mass is 329 g/mol. The highest BCUT2D eigenvalue weighted by molar-refractivity contribution is 8.27. The van der Waals surface area contributed by atoms with E-state index in [4.69, 9.17) is 29.5 Å². The molecule has 3 nitrogen and oxygen atoms in total. The normalized spacial score (nSPS) is 17.5. The number of thiocarbonyl (C=S) groups is 2. The lowest BCUT2D eigenvalue weighted by molar-refractivity contribution is -0.137. The molecule has 0 unspecified atom stereocenters. The van der Waals surface area contributed by atoms with Crippen LogP contribution >= 0.6 is 47.5 Å². The molecule has 0 aliphatic carbocycles. The van der Waals surface area contributed by atoms with E-state index in [2.05, 4.69) is 0 Å². The molecule has 0 radical (unpaired) electrons. The average molecular weight is 329 g/mol. The van der Waals surface area contributed by atoms with Crippen molar-refractivity contribution in [3.63, 3.8) is 0 Å². The SMILES string of the molecule is O=C(O)CCCN1C(=S)SC(=Cc2ccsc2)C1=S. The van der Waals surface area contributed by atoms with Crippen molar-refractivity contribution in [2.75, 3.05) is 6.54 Å². The zero-order valence-electron chi connectivity index (χ0n) is 9.87. The molecule has 0 spiro atoms. The van der Waals surface area contributed by atoms with Crippen LogP contribution in [0.3, 0.4) is 0 Å². The number of carbonyl (C=O) groups is 1. The zero-order valence-corrected chi connectivity index (χ0v) is 13.1. The molecular formula is C12H11NO2S4. The quantitative estimate of drug-likeness (QED) is 0.657. The average Bonchev–Trinajstić information content (AvgIpc) is 2.93. The van der Waals surface area contributed by atoms with Gasteiger partial charge >= 0.3 is 5.97 Å². The largest absolute Gasteiger partial charge is 0.481 e. The van der Waals surface area contributed by atoms with Crippen molar-refractivity contribution in [3.05, 3.63) is 27.3 Å². The van der Waals surface area contributed by atoms with Crippen molar-refractivity contribution >= 4 is 68.9 Å². The number of hydrogen-bond acceptors (Lipinski definition) is 5. The predicted molar refractivity (Wildman–Crippen MR) is 88.7 cm³/mol. The predicted octanol–water partition coefficient (Wildman–Crippen LogP) is 3.61. The molecule has 1 aromatic heterocycles. The van der Waals surface area contributed by atoms with E-state index in [9.17, 15) is 4.79 Å². The Morgan fingerprint density at radius 2 is 2.26 bits per heavy atom. The Bertz CT molecular complexity index is 536. The Kier molecular flexibility index (Phi) is 5.09. The van der Waals surface area contributed by atoms with Gasteiger partial charge in [0.1, 0.15) is 9.31 Å². The van der Waals surface area contributed by atoms with E-state index in [1.165, 1.54) is 11.8 Å². The van der Waals surface area contributed by atoms with Crippen LogP contribution in [0, 0.1) is 0 Å². The van der Waals surface area contributed by atoms with Crippen molar-refractivity contribution < 1.29 is 9.90 Å². The molecule has 1 aliphatic rings. The van der Waals surface area contributed by atoms with E-state index in [0.717, 1.165) is 10.5 Å². The van der Waals surface area contributed by atoms with Gasteiger partial charge in [0.15, 0.2) is 0 Å². The summed E-state index contributed by atoms with van der Waals surface area (Å²) in [6, 6.07) is 2.02. The van der Waals surface area contributed by atoms with E-state index >= 15 is 0 Å². The maximum Gasteiger partial charge on any atom is 0.303 e. The molecule has 1 fully saturated rings. The molecule has 0 atom stereocenters. The number of thioether (sulfide) groups is 1. The van der Waals surface area contributed by atoms with Crippen LogP contribution in [0.5, 0.6) is 0 Å². The van der Waals surface area contributed by atoms with Crippen LogP contribution in [0.4, 0.5) is 0 Å². The number of thiophene rings is 1. The van der Waals surface area contributed by atoms with Gasteiger partial charge in [0.25, 0.3) is 0 Å². The highest BCUT2D eigenvalue weighted by atomic mass is 32.2. The molecule has 1 saturated heterocycles. The number of carboxylic acids is 1. The van der Waals surface area contributed by atoms with Crippen LogP contribution in [0.25, 0.3) is 6.08 Å². The van der Waals surface area contributed by atoms with Crippen molar-refractivity contribution in [3.8, 4) is 0 Å². The van der Waals surface area contributed by atoms with Gasteiger partial charge in [0.05, 0.1) is 4.91 Å². The number of rotatable bonds is 5. The molecule has 2 heterocycles. The third-order valence-electron chi connectivity index (χ3n) is 2.49. The Morgan fingerprint density at radius 3 is 2.89 bits per heavy atom. The summed E-state index contributed by atoms with van der Waals surface area (Å²) in [5.74, 6) is -0.794. The van der Waals surface area contributed by atoms with Crippen LogP contribution in [0.15, 0.2) is 21.7 Å². The summed E-state index contributed by atoms with van der Waals surface area (Å²) >= 11 is 13.8. The van der Waals surface area contributed by atoms with Crippen molar-refractivity contribution in [1.82, 2.24) is 4.90 Å². The summed E-state index contributed by atoms with van der Waals surface area (Å²) in [6.45, 7) is 0.567. The standard InChI is InChI=1S/C12H11NO2S4/c14-10(15)2-1-4-13-11(16)9(19-12(13)17)6-8-3-5-18-7-8/h3,5-7H,1-2,4H2,(H,14,15). The Labute approximate surface area is 130 Å². The van der Waals surface area contributed by atoms with E-state index in [1.807, 2.05) is 27.8 Å². The molecule has 19 heavy (non-hydrogen) atoms. The highest BCUT2D eigenvalue weighted by Gasteiger charge is 2.28. The summed E-state index contributed by atoms with van der Waals surface area (Å²) < 4.78 is 0.705. The van der Waals surface area contributed by atoms with E-state index < -0.39 is 5.97 Å². The van der Waals surface area contributed by atoms with Gasteiger partial charge in [-0.25, -0.2) is 0 Å². The molecule has 0 amide bonds. The van der Waals surface area contributed by atoms with Crippen LogP contribution in [0.2, 0.25) is 0 Å². The van der Waals surface area contributed by atoms with Crippen LogP contribution < -0.4 is 0 Å². The molecule has 2 rings (SSSR count). The highest BCUT2D eigenvalue weighted by Crippen LogP contribution is 2.34. The minimum Gasteiger partial charge on any atom is -0.481 e. The smallest absolute Gasteiger partial charge is 0.303 e. The van der Waals surface area contributed by atoms with Gasteiger partial charge in [-0.3, -0.25) is 4.79 Å². The summed E-state index contributed by atoms with van der Waals surface area (Å²) in [7, 11) is 0. The lowest BCUT2D eigenvalue weighted by Gasteiger charge is -2.15. The maximum atomic E-state index is 10.5. The van der Waals surface area contributed by atoms with Crippen LogP contribution in [-0.2, 0) is 4.79 Å². The molecule has 1 aliphatic heterocycles. The number of nitrogens with zero attached hydrogens (tertiary/aromatic N) is 1. The Morgan fingerprint density at radius 1 is 1.47 bits per heavy atom. The molecule has 100 valence electrons. The second-order valence-electron chi connectivity index (χ2n) is 3.89. The van der Waals surface area contributed by atoms with Crippen molar-refractivity contribution in [2.24, 2.45) is 0 Å². The molecule has 0 bridgehead atoms. The molecule has 1 aromatic rings. The molecule has 1 N–H and O–H groups in total. The topological polar surface area (TPSA) is 40.5 Å². The van der Waals surface area contributed by atoms with Gasteiger partial charge in [-0.1, -0.05) is 36.2 Å². The van der Waals surface area contributed by atoms with E-state index in [1.54, 1.807) is 11.3 Å². The summed E-state index contributed by atoms with van der Waals surface area (Å²) in [6.07, 6.45) is 2.70. The minimum absolute atomic E-state index is 0.135. The van der Waals surface area contributed by atoms with E-state index in [0.29, 0.717) is 22.3 Å². The molecule has 0 aromatic carbocycles. The number of carboxylic acid groups (broad SMARTS) is 1. The first-order chi connectivity index (χ1) is 9.08. The van der Waals surface area contributed by atoms with Crippen LogP contribution in [-0.4, -0.2) is 31.8 Å². The third kappa shape index (κ3) is 3.85. The molecule has 0 saturated carbocycles. The van der Waals surface area contributed by atoms with Gasteiger partial charge in [0.2, 0.25) is 0 Å². The fraction of sp³-hybridized carbons (Fsp3) is 0.250. The minimum atomic E-state index is -0.794. The van der Waals surface area contributed by atoms with Crippen LogP contribution in [0.1, 0.15) is 18.4 Å². The maximum absolute atomic E-state index is 10.5. The summed E-state index contributed by atoms with van der Waals surface area (Å²) in [5.41, 5.74) is 1.12. The Hall–Kier alpha value is -0.760. The molecule has 7 heteroatoms.